The van der Waals surface area contributed by atoms with Crippen molar-refractivity contribution >= 4 is 15.9 Å². The number of nitrogens with zero attached hydrogens (tertiary/aromatic N) is 1. The predicted octanol–water partition coefficient (Wildman–Crippen LogP) is 4.94. The molecule has 0 saturated heterocycles. The predicted molar refractivity (Wildman–Crippen MR) is 79.9 cm³/mol. The first-order chi connectivity index (χ1) is 9.13. The van der Waals surface area contributed by atoms with Crippen LogP contribution >= 0.6 is 15.9 Å². The summed E-state index contributed by atoms with van der Waals surface area (Å²) in [6.45, 7) is 2.90. The molecule has 0 bridgehead atoms. The number of benzene rings is 1. The number of hydrogen-bond donors (Lipinski definition) is 0. The van der Waals surface area contributed by atoms with Crippen LogP contribution in [0.2, 0.25) is 0 Å². The van der Waals surface area contributed by atoms with Gasteiger partial charge in [0.2, 0.25) is 0 Å². The van der Waals surface area contributed by atoms with Gasteiger partial charge in [-0.3, -0.25) is 0 Å². The third-order valence-corrected chi connectivity index (χ3v) is 4.61. The lowest BCUT2D eigenvalue weighted by atomic mass is 9.70. The Morgan fingerprint density at radius 2 is 2.16 bits per heavy atom. The van der Waals surface area contributed by atoms with E-state index < -0.39 is 0 Å². The van der Waals surface area contributed by atoms with Gasteiger partial charge in [-0.25, -0.2) is 0 Å². The highest BCUT2D eigenvalue weighted by Gasteiger charge is 2.34. The van der Waals surface area contributed by atoms with Gasteiger partial charge in [-0.1, -0.05) is 28.9 Å². The summed E-state index contributed by atoms with van der Waals surface area (Å²) in [6.07, 6.45) is 5.22. The van der Waals surface area contributed by atoms with Crippen LogP contribution in [-0.4, -0.2) is 6.61 Å². The van der Waals surface area contributed by atoms with Gasteiger partial charge in [-0.15, -0.1) is 0 Å². The maximum Gasteiger partial charge on any atom is 0.120 e. The zero-order valence-electron chi connectivity index (χ0n) is 11.4. The van der Waals surface area contributed by atoms with Crippen LogP contribution in [0.4, 0.5) is 0 Å². The first-order valence-corrected chi connectivity index (χ1v) is 7.72. The Bertz CT molecular complexity index is 458. The van der Waals surface area contributed by atoms with Crippen LogP contribution in [0.15, 0.2) is 28.7 Å². The highest BCUT2D eigenvalue weighted by atomic mass is 79.9. The average Bonchev–Trinajstić information content (AvgIpc) is 2.42. The Morgan fingerprint density at radius 1 is 1.42 bits per heavy atom. The van der Waals surface area contributed by atoms with E-state index in [2.05, 4.69) is 28.9 Å². The van der Waals surface area contributed by atoms with Crippen molar-refractivity contribution in [2.45, 2.75) is 39.0 Å². The summed E-state index contributed by atoms with van der Waals surface area (Å²) in [5.74, 6) is 1.64. The maximum absolute atomic E-state index is 9.46. The van der Waals surface area contributed by atoms with Crippen molar-refractivity contribution in [1.29, 1.82) is 5.26 Å². The largest absolute Gasteiger partial charge is 0.493 e. The van der Waals surface area contributed by atoms with Crippen molar-refractivity contribution in [2.75, 3.05) is 6.61 Å². The third kappa shape index (κ3) is 3.98. The molecule has 0 aromatic heterocycles. The van der Waals surface area contributed by atoms with Crippen molar-refractivity contribution in [3.63, 3.8) is 0 Å². The molecule has 0 atom stereocenters. The number of nitriles is 1. The van der Waals surface area contributed by atoms with E-state index in [1.165, 1.54) is 12.8 Å². The number of hydrogen-bond acceptors (Lipinski definition) is 2. The Balaban J connectivity index is 1.86. The Kier molecular flexibility index (Phi) is 4.87. The lowest BCUT2D eigenvalue weighted by Crippen LogP contribution is -2.27. The minimum atomic E-state index is -0.154. The fourth-order valence-electron chi connectivity index (χ4n) is 2.65. The van der Waals surface area contributed by atoms with Crippen molar-refractivity contribution in [2.24, 2.45) is 11.3 Å². The number of rotatable bonds is 4. The summed E-state index contributed by atoms with van der Waals surface area (Å²) in [7, 11) is 0. The zero-order valence-corrected chi connectivity index (χ0v) is 12.9. The summed E-state index contributed by atoms with van der Waals surface area (Å²) in [4.78, 5) is 0. The van der Waals surface area contributed by atoms with E-state index in [-0.39, 0.29) is 5.41 Å². The molecule has 1 saturated carbocycles. The lowest BCUT2D eigenvalue weighted by molar-refractivity contribution is 0.169. The standard InChI is InChI=1S/C16H20BrNO/c1-13-5-7-16(12-18,8-6-13)9-10-19-15-4-2-3-14(17)11-15/h2-4,11,13H,5-10H2,1H3. The topological polar surface area (TPSA) is 33.0 Å². The summed E-state index contributed by atoms with van der Waals surface area (Å²) in [5, 5.41) is 9.46. The monoisotopic (exact) mass is 321 g/mol. The van der Waals surface area contributed by atoms with E-state index in [9.17, 15) is 5.26 Å². The number of ether oxygens (including phenoxy) is 1. The van der Waals surface area contributed by atoms with Gasteiger partial charge in [0, 0.05) is 10.9 Å². The van der Waals surface area contributed by atoms with E-state index in [4.69, 9.17) is 4.74 Å². The molecule has 0 N–H and O–H groups in total. The number of halogens is 1. The molecule has 102 valence electrons. The molecular weight excluding hydrogens is 302 g/mol. The first kappa shape index (κ1) is 14.4. The molecule has 1 aromatic rings. The quantitative estimate of drug-likeness (QED) is 0.787. The van der Waals surface area contributed by atoms with Crippen LogP contribution in [0.5, 0.6) is 5.75 Å². The molecule has 3 heteroatoms. The van der Waals surface area contributed by atoms with Crippen LogP contribution in [-0.2, 0) is 0 Å². The van der Waals surface area contributed by atoms with Crippen molar-refractivity contribution in [1.82, 2.24) is 0 Å². The molecule has 1 aliphatic rings. The molecule has 0 unspecified atom stereocenters. The van der Waals surface area contributed by atoms with E-state index in [1.807, 2.05) is 24.3 Å². The van der Waals surface area contributed by atoms with Crippen LogP contribution in [0.25, 0.3) is 0 Å². The van der Waals surface area contributed by atoms with Gasteiger partial charge >= 0.3 is 0 Å². The SMILES string of the molecule is CC1CCC(C#N)(CCOc2cccc(Br)c2)CC1. The van der Waals surface area contributed by atoms with Gasteiger partial charge < -0.3 is 4.74 Å². The average molecular weight is 322 g/mol. The van der Waals surface area contributed by atoms with Gasteiger partial charge in [-0.05, 0) is 49.8 Å². The molecule has 1 aliphatic carbocycles. The molecule has 0 amide bonds. The molecule has 19 heavy (non-hydrogen) atoms. The van der Waals surface area contributed by atoms with Gasteiger partial charge in [0.05, 0.1) is 18.1 Å². The summed E-state index contributed by atoms with van der Waals surface area (Å²) >= 11 is 3.43. The minimum absolute atomic E-state index is 0.154. The molecule has 1 aromatic carbocycles. The van der Waals surface area contributed by atoms with Crippen LogP contribution in [0.3, 0.4) is 0 Å². The Morgan fingerprint density at radius 3 is 2.79 bits per heavy atom. The molecule has 1 fully saturated rings. The fourth-order valence-corrected chi connectivity index (χ4v) is 3.03. The first-order valence-electron chi connectivity index (χ1n) is 6.93. The third-order valence-electron chi connectivity index (χ3n) is 4.11. The van der Waals surface area contributed by atoms with Gasteiger partial charge in [0.25, 0.3) is 0 Å². The van der Waals surface area contributed by atoms with Gasteiger partial charge in [-0.2, -0.15) is 5.26 Å². The van der Waals surface area contributed by atoms with Crippen molar-refractivity contribution in [3.05, 3.63) is 28.7 Å². The Hall–Kier alpha value is -1.01. The summed E-state index contributed by atoms with van der Waals surface area (Å²) < 4.78 is 6.78. The summed E-state index contributed by atoms with van der Waals surface area (Å²) in [5.41, 5.74) is -0.154. The molecule has 0 aliphatic heterocycles. The van der Waals surface area contributed by atoms with Crippen LogP contribution in [0, 0.1) is 22.7 Å². The lowest BCUT2D eigenvalue weighted by Gasteiger charge is -2.33. The summed E-state index contributed by atoms with van der Waals surface area (Å²) in [6, 6.07) is 10.4. The van der Waals surface area contributed by atoms with Gasteiger partial charge in [0.1, 0.15) is 5.75 Å². The van der Waals surface area contributed by atoms with E-state index in [1.54, 1.807) is 0 Å². The van der Waals surface area contributed by atoms with Crippen molar-refractivity contribution < 1.29 is 4.74 Å². The van der Waals surface area contributed by atoms with E-state index in [0.717, 1.165) is 35.4 Å². The highest BCUT2D eigenvalue weighted by Crippen LogP contribution is 2.41. The second-order valence-electron chi connectivity index (χ2n) is 5.63. The van der Waals surface area contributed by atoms with E-state index in [0.29, 0.717) is 6.61 Å². The molecule has 2 rings (SSSR count). The molecule has 0 heterocycles. The molecule has 0 spiro atoms. The van der Waals surface area contributed by atoms with E-state index >= 15 is 0 Å². The maximum atomic E-state index is 9.46. The Labute approximate surface area is 123 Å². The second-order valence-corrected chi connectivity index (χ2v) is 6.55. The molecule has 2 nitrogen and oxygen atoms in total. The van der Waals surface area contributed by atoms with Crippen LogP contribution < -0.4 is 4.74 Å². The molecular formula is C16H20BrNO. The van der Waals surface area contributed by atoms with Crippen molar-refractivity contribution in [3.8, 4) is 11.8 Å². The second kappa shape index (κ2) is 6.43. The normalized spacial score (nSPS) is 26.7. The van der Waals surface area contributed by atoms with Gasteiger partial charge in [0.15, 0.2) is 0 Å². The zero-order chi connectivity index (χ0) is 13.7. The highest BCUT2D eigenvalue weighted by molar-refractivity contribution is 9.10. The smallest absolute Gasteiger partial charge is 0.120 e. The minimum Gasteiger partial charge on any atom is -0.493 e. The molecule has 0 radical (unpaired) electrons. The fraction of sp³-hybridized carbons (Fsp3) is 0.562. The van der Waals surface area contributed by atoms with Crippen LogP contribution in [0.1, 0.15) is 39.0 Å².